The number of nitrogens with one attached hydrogen (secondary N) is 1. The van der Waals surface area contributed by atoms with Gasteiger partial charge in [-0.15, -0.1) is 0 Å². The second kappa shape index (κ2) is 9.67. The van der Waals surface area contributed by atoms with E-state index in [1.807, 2.05) is 0 Å². The van der Waals surface area contributed by atoms with Gasteiger partial charge in [-0.2, -0.15) is 0 Å². The highest BCUT2D eigenvalue weighted by atomic mass is 32.2. The molecule has 2 aliphatic heterocycles. The van der Waals surface area contributed by atoms with E-state index in [1.54, 1.807) is 0 Å². The molecule has 0 aromatic heterocycles. The summed E-state index contributed by atoms with van der Waals surface area (Å²) in [6, 6.07) is 0. The first-order valence-electron chi connectivity index (χ1n) is 8.57. The molecular formula is C15H29N3O5S. The molecular weight excluding hydrogens is 334 g/mol. The normalized spacial score (nSPS) is 24.0. The third-order valence-corrected chi connectivity index (χ3v) is 6.33. The van der Waals surface area contributed by atoms with Crippen molar-refractivity contribution in [3.05, 3.63) is 0 Å². The van der Waals surface area contributed by atoms with E-state index < -0.39 is 10.0 Å². The van der Waals surface area contributed by atoms with Gasteiger partial charge in [0.1, 0.15) is 0 Å². The molecule has 0 radical (unpaired) electrons. The maximum absolute atomic E-state index is 12.3. The van der Waals surface area contributed by atoms with E-state index in [9.17, 15) is 13.2 Å². The van der Waals surface area contributed by atoms with Crippen LogP contribution in [0.25, 0.3) is 0 Å². The SMILES string of the molecule is COCCS(=O)(=O)N1CCCC(C(=O)NCCN2CCOCC2)C1. The molecule has 2 aliphatic rings. The fourth-order valence-electron chi connectivity index (χ4n) is 3.03. The van der Waals surface area contributed by atoms with Crippen LogP contribution in [0, 0.1) is 5.92 Å². The van der Waals surface area contributed by atoms with Gasteiger partial charge < -0.3 is 14.8 Å². The topological polar surface area (TPSA) is 88.2 Å². The molecule has 140 valence electrons. The van der Waals surface area contributed by atoms with Crippen molar-refractivity contribution in [2.24, 2.45) is 5.92 Å². The van der Waals surface area contributed by atoms with Crippen molar-refractivity contribution in [1.29, 1.82) is 0 Å². The van der Waals surface area contributed by atoms with Gasteiger partial charge >= 0.3 is 0 Å². The Balaban J connectivity index is 1.75. The van der Waals surface area contributed by atoms with Crippen LogP contribution < -0.4 is 5.32 Å². The maximum Gasteiger partial charge on any atom is 0.224 e. The summed E-state index contributed by atoms with van der Waals surface area (Å²) >= 11 is 0. The van der Waals surface area contributed by atoms with Crippen LogP contribution >= 0.6 is 0 Å². The molecule has 2 rings (SSSR count). The lowest BCUT2D eigenvalue weighted by Crippen LogP contribution is -2.48. The third-order valence-electron chi connectivity index (χ3n) is 4.52. The van der Waals surface area contributed by atoms with E-state index in [1.165, 1.54) is 11.4 Å². The second-order valence-electron chi connectivity index (χ2n) is 6.25. The molecule has 0 aromatic carbocycles. The molecule has 0 aromatic rings. The molecule has 1 atom stereocenters. The Labute approximate surface area is 144 Å². The number of hydrogen-bond acceptors (Lipinski definition) is 6. The molecule has 0 aliphatic carbocycles. The largest absolute Gasteiger partial charge is 0.384 e. The number of rotatable bonds is 8. The first-order chi connectivity index (χ1) is 11.5. The fraction of sp³-hybridized carbons (Fsp3) is 0.933. The summed E-state index contributed by atoms with van der Waals surface area (Å²) in [6.45, 7) is 5.60. The number of amides is 1. The lowest BCUT2D eigenvalue weighted by Gasteiger charge is -2.31. The van der Waals surface area contributed by atoms with Crippen molar-refractivity contribution in [2.75, 3.05) is 72.0 Å². The number of ether oxygens (including phenoxy) is 2. The zero-order chi connectivity index (χ0) is 17.4. The molecule has 0 saturated carbocycles. The van der Waals surface area contributed by atoms with E-state index in [0.717, 1.165) is 39.3 Å². The number of carbonyl (C=O) groups excluding carboxylic acids is 1. The maximum atomic E-state index is 12.3. The Morgan fingerprint density at radius 3 is 2.75 bits per heavy atom. The Bertz CT molecular complexity index is 493. The average molecular weight is 363 g/mol. The fourth-order valence-corrected chi connectivity index (χ4v) is 4.48. The zero-order valence-electron chi connectivity index (χ0n) is 14.4. The standard InChI is InChI=1S/C15H29N3O5S/c1-22-11-12-24(20,21)18-5-2-3-14(13-18)15(19)16-4-6-17-7-9-23-10-8-17/h14H,2-13H2,1H3,(H,16,19). The number of piperidine rings is 1. The Hall–Kier alpha value is -0.740. The molecule has 9 heteroatoms. The summed E-state index contributed by atoms with van der Waals surface area (Å²) in [7, 11) is -1.86. The van der Waals surface area contributed by atoms with Crippen LogP contribution in [0.3, 0.4) is 0 Å². The quantitative estimate of drug-likeness (QED) is 0.603. The van der Waals surface area contributed by atoms with Gasteiger partial charge in [0.15, 0.2) is 0 Å². The minimum absolute atomic E-state index is 0.0329. The summed E-state index contributed by atoms with van der Waals surface area (Å²) in [6.07, 6.45) is 1.45. The molecule has 2 heterocycles. The summed E-state index contributed by atoms with van der Waals surface area (Å²) in [4.78, 5) is 14.6. The van der Waals surface area contributed by atoms with Gasteiger partial charge in [-0.05, 0) is 12.8 Å². The molecule has 1 N–H and O–H groups in total. The van der Waals surface area contributed by atoms with Gasteiger partial charge in [0.2, 0.25) is 15.9 Å². The van der Waals surface area contributed by atoms with Crippen molar-refractivity contribution in [2.45, 2.75) is 12.8 Å². The van der Waals surface area contributed by atoms with Crippen molar-refractivity contribution in [1.82, 2.24) is 14.5 Å². The van der Waals surface area contributed by atoms with Crippen LogP contribution in [-0.4, -0.2) is 95.5 Å². The molecule has 0 bridgehead atoms. The molecule has 2 saturated heterocycles. The van der Waals surface area contributed by atoms with Crippen LogP contribution in [0.5, 0.6) is 0 Å². The number of sulfonamides is 1. The van der Waals surface area contributed by atoms with Gasteiger partial charge in [0, 0.05) is 46.4 Å². The highest BCUT2D eigenvalue weighted by Gasteiger charge is 2.32. The lowest BCUT2D eigenvalue weighted by atomic mass is 9.99. The van der Waals surface area contributed by atoms with Gasteiger partial charge in [-0.3, -0.25) is 9.69 Å². The summed E-state index contributed by atoms with van der Waals surface area (Å²) in [5, 5.41) is 2.95. The van der Waals surface area contributed by atoms with Crippen LogP contribution in [0.4, 0.5) is 0 Å². The van der Waals surface area contributed by atoms with Crippen LogP contribution in [0.1, 0.15) is 12.8 Å². The molecule has 1 unspecified atom stereocenters. The summed E-state index contributed by atoms with van der Waals surface area (Å²) in [5.74, 6) is -0.342. The number of nitrogens with zero attached hydrogens (tertiary/aromatic N) is 2. The van der Waals surface area contributed by atoms with E-state index in [2.05, 4.69) is 10.2 Å². The van der Waals surface area contributed by atoms with Gasteiger partial charge in [0.05, 0.1) is 31.5 Å². The monoisotopic (exact) mass is 363 g/mol. The van der Waals surface area contributed by atoms with E-state index >= 15 is 0 Å². The predicted octanol–water partition coefficient (Wildman–Crippen LogP) is -0.877. The number of methoxy groups -OCH3 is 1. The molecule has 24 heavy (non-hydrogen) atoms. The molecule has 0 spiro atoms. The van der Waals surface area contributed by atoms with E-state index in [-0.39, 0.29) is 30.7 Å². The second-order valence-corrected chi connectivity index (χ2v) is 8.34. The third kappa shape index (κ3) is 5.96. The highest BCUT2D eigenvalue weighted by Crippen LogP contribution is 2.19. The highest BCUT2D eigenvalue weighted by molar-refractivity contribution is 7.89. The number of carbonyl (C=O) groups is 1. The summed E-state index contributed by atoms with van der Waals surface area (Å²) < 4.78 is 36.0. The smallest absolute Gasteiger partial charge is 0.224 e. The first-order valence-corrected chi connectivity index (χ1v) is 10.2. The van der Waals surface area contributed by atoms with Crippen molar-refractivity contribution < 1.29 is 22.7 Å². The minimum Gasteiger partial charge on any atom is -0.384 e. The van der Waals surface area contributed by atoms with Crippen LogP contribution in [0.15, 0.2) is 0 Å². The Morgan fingerprint density at radius 1 is 1.29 bits per heavy atom. The van der Waals surface area contributed by atoms with E-state index in [4.69, 9.17) is 9.47 Å². The Kier molecular flexibility index (Phi) is 7.89. The van der Waals surface area contributed by atoms with Crippen LogP contribution in [-0.2, 0) is 24.3 Å². The Morgan fingerprint density at radius 2 is 2.04 bits per heavy atom. The molecule has 8 nitrogen and oxygen atoms in total. The minimum atomic E-state index is -3.34. The zero-order valence-corrected chi connectivity index (χ0v) is 15.2. The molecule has 2 fully saturated rings. The van der Waals surface area contributed by atoms with Crippen LogP contribution in [0.2, 0.25) is 0 Å². The van der Waals surface area contributed by atoms with Gasteiger partial charge in [-0.25, -0.2) is 12.7 Å². The van der Waals surface area contributed by atoms with Gasteiger partial charge in [-0.1, -0.05) is 0 Å². The lowest BCUT2D eigenvalue weighted by molar-refractivity contribution is -0.126. The number of hydrogen-bond donors (Lipinski definition) is 1. The number of morpholine rings is 1. The first kappa shape index (κ1) is 19.6. The summed E-state index contributed by atoms with van der Waals surface area (Å²) in [5.41, 5.74) is 0. The predicted molar refractivity (Wildman–Crippen MR) is 90.2 cm³/mol. The van der Waals surface area contributed by atoms with Crippen molar-refractivity contribution >= 4 is 15.9 Å². The van der Waals surface area contributed by atoms with Crippen molar-refractivity contribution in [3.63, 3.8) is 0 Å². The van der Waals surface area contributed by atoms with Crippen molar-refractivity contribution in [3.8, 4) is 0 Å². The molecule has 1 amide bonds. The average Bonchev–Trinajstić information content (AvgIpc) is 2.61. The van der Waals surface area contributed by atoms with E-state index in [0.29, 0.717) is 19.5 Å². The van der Waals surface area contributed by atoms with Gasteiger partial charge in [0.25, 0.3) is 0 Å².